The number of hydrogen-bond acceptors (Lipinski definition) is 2. The molecule has 0 saturated carbocycles. The number of aldehydes is 1. The predicted octanol–water partition coefficient (Wildman–Crippen LogP) is 2.97. The first-order valence-corrected chi connectivity index (χ1v) is 5.53. The van der Waals surface area contributed by atoms with E-state index in [-0.39, 0.29) is 12.0 Å². The zero-order valence-corrected chi connectivity index (χ0v) is 9.53. The van der Waals surface area contributed by atoms with Gasteiger partial charge in [0.05, 0.1) is 6.10 Å². The summed E-state index contributed by atoms with van der Waals surface area (Å²) in [7, 11) is 0. The van der Waals surface area contributed by atoms with Crippen molar-refractivity contribution in [1.82, 2.24) is 0 Å². The second kappa shape index (κ2) is 8.95. The Bertz CT molecular complexity index is 164. The molecule has 2 unspecified atom stereocenters. The van der Waals surface area contributed by atoms with Crippen LogP contribution in [0.25, 0.3) is 0 Å². The first-order valence-electron chi connectivity index (χ1n) is 5.53. The Morgan fingerprint density at radius 1 is 1.29 bits per heavy atom. The summed E-state index contributed by atoms with van der Waals surface area (Å²) >= 11 is 0. The summed E-state index contributed by atoms with van der Waals surface area (Å²) in [4.78, 5) is 10.8. The Labute approximate surface area is 87.3 Å². The zero-order chi connectivity index (χ0) is 10.8. The first-order chi connectivity index (χ1) is 6.79. The van der Waals surface area contributed by atoms with Crippen molar-refractivity contribution in [2.45, 2.75) is 46.1 Å². The average molecular weight is 198 g/mol. The summed E-state index contributed by atoms with van der Waals surface area (Å²) in [6, 6.07) is 0. The maximum atomic E-state index is 10.8. The second-order valence-corrected chi connectivity index (χ2v) is 3.34. The lowest BCUT2D eigenvalue weighted by Crippen LogP contribution is -2.22. The van der Waals surface area contributed by atoms with Crippen LogP contribution in [0.5, 0.6) is 0 Å². The molecule has 0 fully saturated rings. The molecule has 0 rings (SSSR count). The van der Waals surface area contributed by atoms with Crippen LogP contribution in [0.3, 0.4) is 0 Å². The van der Waals surface area contributed by atoms with Crippen molar-refractivity contribution in [3.8, 4) is 0 Å². The van der Waals surface area contributed by atoms with E-state index in [9.17, 15) is 4.79 Å². The van der Waals surface area contributed by atoms with Gasteiger partial charge >= 0.3 is 0 Å². The van der Waals surface area contributed by atoms with Crippen LogP contribution in [0.15, 0.2) is 12.2 Å². The first kappa shape index (κ1) is 13.4. The molecule has 0 amide bonds. The van der Waals surface area contributed by atoms with Gasteiger partial charge in [-0.1, -0.05) is 32.4 Å². The third-order valence-electron chi connectivity index (χ3n) is 2.21. The van der Waals surface area contributed by atoms with Crippen LogP contribution < -0.4 is 0 Å². The van der Waals surface area contributed by atoms with Crippen molar-refractivity contribution in [2.75, 3.05) is 6.61 Å². The van der Waals surface area contributed by atoms with Crippen LogP contribution in [0.4, 0.5) is 0 Å². The molecule has 0 aromatic carbocycles. The van der Waals surface area contributed by atoms with E-state index in [0.29, 0.717) is 6.61 Å². The van der Waals surface area contributed by atoms with E-state index in [1.54, 1.807) is 0 Å². The van der Waals surface area contributed by atoms with Crippen LogP contribution in [0.2, 0.25) is 0 Å². The molecule has 0 aromatic rings. The number of carbonyl (C=O) groups is 1. The summed E-state index contributed by atoms with van der Waals surface area (Å²) < 4.78 is 5.51. The van der Waals surface area contributed by atoms with Gasteiger partial charge in [-0.25, -0.2) is 0 Å². The van der Waals surface area contributed by atoms with Crippen LogP contribution in [-0.2, 0) is 9.53 Å². The van der Waals surface area contributed by atoms with Crippen LogP contribution >= 0.6 is 0 Å². The largest absolute Gasteiger partial charge is 0.374 e. The van der Waals surface area contributed by atoms with Gasteiger partial charge in [-0.05, 0) is 19.8 Å². The summed E-state index contributed by atoms with van der Waals surface area (Å²) in [5, 5.41) is 0. The Morgan fingerprint density at radius 3 is 2.43 bits per heavy atom. The maximum Gasteiger partial charge on any atom is 0.125 e. The van der Waals surface area contributed by atoms with E-state index >= 15 is 0 Å². The summed E-state index contributed by atoms with van der Waals surface area (Å²) in [6.45, 7) is 6.76. The molecule has 2 heteroatoms. The second-order valence-electron chi connectivity index (χ2n) is 3.34. The molecule has 2 nitrogen and oxygen atoms in total. The highest BCUT2D eigenvalue weighted by atomic mass is 16.5. The minimum absolute atomic E-state index is 0.00283. The molecule has 0 aliphatic heterocycles. The van der Waals surface area contributed by atoms with Crippen LogP contribution in [-0.4, -0.2) is 19.0 Å². The van der Waals surface area contributed by atoms with Gasteiger partial charge in [0.25, 0.3) is 0 Å². The van der Waals surface area contributed by atoms with Gasteiger partial charge in [-0.15, -0.1) is 0 Å². The number of unbranched alkanes of at least 4 members (excludes halogenated alkanes) is 1. The summed E-state index contributed by atoms with van der Waals surface area (Å²) in [6.07, 6.45) is 8.11. The number of hydrogen-bond donors (Lipinski definition) is 0. The van der Waals surface area contributed by atoms with Gasteiger partial charge in [-0.3, -0.25) is 0 Å². The Hall–Kier alpha value is -0.630. The fourth-order valence-electron chi connectivity index (χ4n) is 1.32. The standard InChI is InChI=1S/C12H22O2/c1-4-7-8-9-12(14-6-3)11(5-2)10-13/h8-12H,4-7H2,1-3H3/b9-8+. The molecule has 0 aliphatic carbocycles. The van der Waals surface area contributed by atoms with E-state index in [1.165, 1.54) is 0 Å². The molecule has 0 aliphatic rings. The number of rotatable bonds is 8. The predicted molar refractivity (Wildman–Crippen MR) is 59.3 cm³/mol. The lowest BCUT2D eigenvalue weighted by atomic mass is 10.0. The molecule has 0 saturated heterocycles. The molecule has 0 radical (unpaired) electrons. The molecule has 0 heterocycles. The maximum absolute atomic E-state index is 10.8. The van der Waals surface area contributed by atoms with Crippen molar-refractivity contribution in [1.29, 1.82) is 0 Å². The van der Waals surface area contributed by atoms with Gasteiger partial charge < -0.3 is 9.53 Å². The summed E-state index contributed by atoms with van der Waals surface area (Å²) in [5.74, 6) is 0.00283. The van der Waals surface area contributed by atoms with Gasteiger partial charge in [-0.2, -0.15) is 0 Å². The molecule has 14 heavy (non-hydrogen) atoms. The molecule has 0 N–H and O–H groups in total. The van der Waals surface area contributed by atoms with Gasteiger partial charge in [0.1, 0.15) is 6.29 Å². The summed E-state index contributed by atoms with van der Waals surface area (Å²) in [5.41, 5.74) is 0. The highest BCUT2D eigenvalue weighted by molar-refractivity contribution is 5.55. The van der Waals surface area contributed by atoms with Crippen molar-refractivity contribution in [3.05, 3.63) is 12.2 Å². The highest BCUT2D eigenvalue weighted by Gasteiger charge is 2.16. The van der Waals surface area contributed by atoms with Crippen molar-refractivity contribution >= 4 is 6.29 Å². The SMILES string of the molecule is CCC/C=C/C(OCC)C(C=O)CC. The van der Waals surface area contributed by atoms with E-state index < -0.39 is 0 Å². The monoisotopic (exact) mass is 198 g/mol. The highest BCUT2D eigenvalue weighted by Crippen LogP contribution is 2.12. The Kier molecular flexibility index (Phi) is 8.54. The van der Waals surface area contributed by atoms with Gasteiger partial charge in [0.15, 0.2) is 0 Å². The molecular weight excluding hydrogens is 176 g/mol. The molecule has 82 valence electrons. The number of allylic oxidation sites excluding steroid dienone is 1. The minimum atomic E-state index is -0.0333. The molecule has 0 spiro atoms. The Balaban J connectivity index is 4.17. The quantitative estimate of drug-likeness (QED) is 0.443. The van der Waals surface area contributed by atoms with Crippen molar-refractivity contribution in [3.63, 3.8) is 0 Å². The lowest BCUT2D eigenvalue weighted by molar-refractivity contribution is -0.114. The molecule has 0 aromatic heterocycles. The third-order valence-corrected chi connectivity index (χ3v) is 2.21. The molecule has 2 atom stereocenters. The van der Waals surface area contributed by atoms with Gasteiger partial charge in [0.2, 0.25) is 0 Å². The average Bonchev–Trinajstić information content (AvgIpc) is 2.20. The topological polar surface area (TPSA) is 26.3 Å². The van der Waals surface area contributed by atoms with E-state index in [1.807, 2.05) is 19.9 Å². The molecular formula is C12H22O2. The normalized spacial score (nSPS) is 15.6. The zero-order valence-electron chi connectivity index (χ0n) is 9.53. The van der Waals surface area contributed by atoms with E-state index in [2.05, 4.69) is 13.0 Å². The number of ether oxygens (including phenoxy) is 1. The van der Waals surface area contributed by atoms with Crippen LogP contribution in [0.1, 0.15) is 40.0 Å². The van der Waals surface area contributed by atoms with Crippen molar-refractivity contribution in [2.24, 2.45) is 5.92 Å². The van der Waals surface area contributed by atoms with E-state index in [4.69, 9.17) is 4.74 Å². The fraction of sp³-hybridized carbons (Fsp3) is 0.750. The molecule has 0 bridgehead atoms. The fourth-order valence-corrected chi connectivity index (χ4v) is 1.32. The van der Waals surface area contributed by atoms with E-state index in [0.717, 1.165) is 25.5 Å². The van der Waals surface area contributed by atoms with Crippen molar-refractivity contribution < 1.29 is 9.53 Å². The van der Waals surface area contributed by atoms with Gasteiger partial charge in [0, 0.05) is 12.5 Å². The minimum Gasteiger partial charge on any atom is -0.374 e. The third kappa shape index (κ3) is 5.18. The Morgan fingerprint density at radius 2 is 2.00 bits per heavy atom. The lowest BCUT2D eigenvalue weighted by Gasteiger charge is -2.18. The van der Waals surface area contributed by atoms with Crippen LogP contribution in [0, 0.1) is 5.92 Å². The smallest absolute Gasteiger partial charge is 0.125 e. The number of carbonyl (C=O) groups excluding carboxylic acids is 1.